The van der Waals surface area contributed by atoms with Gasteiger partial charge in [-0.1, -0.05) is 0 Å². The second kappa shape index (κ2) is 8.12. The van der Waals surface area contributed by atoms with Gasteiger partial charge in [-0.3, -0.25) is 9.63 Å². The third kappa shape index (κ3) is 5.71. The van der Waals surface area contributed by atoms with Crippen LogP contribution in [-0.4, -0.2) is 53.2 Å². The van der Waals surface area contributed by atoms with Crippen molar-refractivity contribution in [2.45, 2.75) is 33.0 Å². The topological polar surface area (TPSA) is 124 Å². The Bertz CT molecular complexity index is 393. The number of ether oxygens (including phenoxy) is 2. The van der Waals surface area contributed by atoms with E-state index in [-0.39, 0.29) is 24.7 Å². The van der Waals surface area contributed by atoms with Crippen LogP contribution in [0.3, 0.4) is 0 Å². The average Bonchev–Trinajstić information content (AvgIpc) is 2.45. The standard InChI is InChI=1S/C11H19N3O7/c1-3-19-11(17)20-8(2)21-12-14(18)13-6-4-9(5-7-13)10(15)16/h8-9H,3-7H2,1-2H3,(H,15,16)/b14-12-. The van der Waals surface area contributed by atoms with Gasteiger partial charge in [0.05, 0.1) is 30.6 Å². The molecule has 1 aliphatic heterocycles. The Labute approximate surface area is 121 Å². The Morgan fingerprint density at radius 3 is 2.62 bits per heavy atom. The predicted octanol–water partition coefficient (Wildman–Crippen LogP) is 1.11. The van der Waals surface area contributed by atoms with Crippen LogP contribution in [0.25, 0.3) is 0 Å². The molecule has 21 heavy (non-hydrogen) atoms. The number of piperidine rings is 1. The fourth-order valence-corrected chi connectivity index (χ4v) is 1.75. The number of hydrazine groups is 1. The first-order valence-corrected chi connectivity index (χ1v) is 6.59. The largest absolute Gasteiger partial charge is 0.569 e. The van der Waals surface area contributed by atoms with Crippen LogP contribution in [0.4, 0.5) is 4.79 Å². The van der Waals surface area contributed by atoms with Crippen molar-refractivity contribution in [2.24, 2.45) is 11.2 Å². The van der Waals surface area contributed by atoms with Crippen molar-refractivity contribution in [1.29, 1.82) is 0 Å². The van der Waals surface area contributed by atoms with Crippen LogP contribution in [0.5, 0.6) is 0 Å². The highest BCUT2D eigenvalue weighted by molar-refractivity contribution is 5.70. The van der Waals surface area contributed by atoms with E-state index >= 15 is 0 Å². The molecule has 0 radical (unpaired) electrons. The van der Waals surface area contributed by atoms with Crippen LogP contribution in [0, 0.1) is 11.1 Å². The van der Waals surface area contributed by atoms with Gasteiger partial charge in [-0.05, 0) is 19.8 Å². The lowest BCUT2D eigenvalue weighted by molar-refractivity contribution is -0.715. The molecule has 0 aromatic rings. The van der Waals surface area contributed by atoms with Crippen LogP contribution in [0.15, 0.2) is 5.28 Å². The SMILES string of the molecule is CCOC(=O)OC(C)O/N=[N+](\[O-])N1CCC(C(=O)O)CC1. The highest BCUT2D eigenvalue weighted by Gasteiger charge is 2.28. The van der Waals surface area contributed by atoms with Crippen LogP contribution in [-0.2, 0) is 19.1 Å². The van der Waals surface area contributed by atoms with Gasteiger partial charge in [0.15, 0.2) is 0 Å². The van der Waals surface area contributed by atoms with Crippen LogP contribution in [0.1, 0.15) is 26.7 Å². The quantitative estimate of drug-likeness (QED) is 0.254. The lowest BCUT2D eigenvalue weighted by atomic mass is 9.98. The summed E-state index contributed by atoms with van der Waals surface area (Å²) in [4.78, 5) is 26.7. The Morgan fingerprint density at radius 1 is 1.48 bits per heavy atom. The van der Waals surface area contributed by atoms with E-state index in [1.807, 2.05) is 0 Å². The molecule has 0 bridgehead atoms. The Hall–Kier alpha value is -2.26. The Balaban J connectivity index is 2.36. The van der Waals surface area contributed by atoms with E-state index in [2.05, 4.69) is 14.8 Å². The van der Waals surface area contributed by atoms with E-state index < -0.39 is 24.3 Å². The number of hydrogen-bond donors (Lipinski definition) is 1. The minimum Gasteiger partial charge on any atom is -0.569 e. The van der Waals surface area contributed by atoms with Crippen molar-refractivity contribution in [3.05, 3.63) is 5.21 Å². The van der Waals surface area contributed by atoms with Crippen LogP contribution >= 0.6 is 0 Å². The molecule has 1 fully saturated rings. The summed E-state index contributed by atoms with van der Waals surface area (Å²) in [5.74, 6) is -1.31. The maximum atomic E-state index is 11.6. The van der Waals surface area contributed by atoms with Crippen molar-refractivity contribution in [3.8, 4) is 0 Å². The number of aliphatic carboxylic acids is 1. The highest BCUT2D eigenvalue weighted by atomic mass is 16.8. The first kappa shape index (κ1) is 16.8. The molecule has 0 amide bonds. The van der Waals surface area contributed by atoms with E-state index in [1.54, 1.807) is 6.92 Å². The molecular weight excluding hydrogens is 286 g/mol. The summed E-state index contributed by atoms with van der Waals surface area (Å²) in [6, 6.07) is 0. The number of carboxylic acids is 1. The minimum atomic E-state index is -1.07. The van der Waals surface area contributed by atoms with Gasteiger partial charge in [0, 0.05) is 6.92 Å². The van der Waals surface area contributed by atoms with Crippen molar-refractivity contribution in [1.82, 2.24) is 5.01 Å². The van der Waals surface area contributed by atoms with Crippen molar-refractivity contribution in [2.75, 3.05) is 19.7 Å². The summed E-state index contributed by atoms with van der Waals surface area (Å²) in [6.45, 7) is 3.69. The molecule has 1 rings (SSSR count). The van der Waals surface area contributed by atoms with E-state index in [4.69, 9.17) is 9.94 Å². The summed E-state index contributed by atoms with van der Waals surface area (Å²) in [5, 5.41) is 25.0. The van der Waals surface area contributed by atoms with Gasteiger partial charge in [0.1, 0.15) is 0 Å². The first-order valence-electron chi connectivity index (χ1n) is 6.59. The predicted molar refractivity (Wildman–Crippen MR) is 66.6 cm³/mol. The Morgan fingerprint density at radius 2 is 2.10 bits per heavy atom. The third-order valence-electron chi connectivity index (χ3n) is 2.85. The van der Waals surface area contributed by atoms with Gasteiger partial charge < -0.3 is 19.8 Å². The second-order valence-electron chi connectivity index (χ2n) is 4.37. The van der Waals surface area contributed by atoms with Crippen LogP contribution < -0.4 is 0 Å². The number of nitrogens with zero attached hydrogens (tertiary/aromatic N) is 3. The summed E-state index contributed by atoms with van der Waals surface area (Å²) in [7, 11) is 0. The molecule has 10 heteroatoms. The van der Waals surface area contributed by atoms with Crippen molar-refractivity contribution < 1.29 is 34.0 Å². The lowest BCUT2D eigenvalue weighted by Crippen LogP contribution is -2.40. The molecule has 120 valence electrons. The number of hydrogen-bond acceptors (Lipinski definition) is 7. The second-order valence-corrected chi connectivity index (χ2v) is 4.37. The van der Waals surface area contributed by atoms with Gasteiger partial charge in [-0.15, -0.1) is 5.01 Å². The molecule has 1 aliphatic rings. The first-order chi connectivity index (χ1) is 9.93. The van der Waals surface area contributed by atoms with E-state index in [1.165, 1.54) is 11.9 Å². The fraction of sp³-hybridized carbons (Fsp3) is 0.818. The summed E-state index contributed by atoms with van der Waals surface area (Å²) < 4.78 is 9.17. The molecule has 0 aromatic heterocycles. The van der Waals surface area contributed by atoms with Crippen LogP contribution in [0.2, 0.25) is 0 Å². The molecule has 0 spiro atoms. The summed E-state index contributed by atoms with van der Waals surface area (Å²) in [5.41, 5.74) is 0. The third-order valence-corrected chi connectivity index (χ3v) is 2.85. The molecule has 0 aromatic carbocycles. The monoisotopic (exact) mass is 305 g/mol. The van der Waals surface area contributed by atoms with E-state index in [0.29, 0.717) is 12.8 Å². The molecule has 1 atom stereocenters. The molecule has 1 N–H and O–H groups in total. The van der Waals surface area contributed by atoms with Crippen molar-refractivity contribution in [3.63, 3.8) is 0 Å². The van der Waals surface area contributed by atoms with E-state index in [9.17, 15) is 14.8 Å². The fourth-order valence-electron chi connectivity index (χ4n) is 1.75. The minimum absolute atomic E-state index is 0.162. The molecule has 1 saturated heterocycles. The van der Waals surface area contributed by atoms with Gasteiger partial charge in [-0.25, -0.2) is 4.79 Å². The van der Waals surface area contributed by atoms with E-state index in [0.717, 1.165) is 0 Å². The van der Waals surface area contributed by atoms with Gasteiger partial charge >= 0.3 is 12.1 Å². The highest BCUT2D eigenvalue weighted by Crippen LogP contribution is 2.17. The molecular formula is C11H19N3O7. The zero-order valence-corrected chi connectivity index (χ0v) is 11.9. The molecule has 0 saturated carbocycles. The molecule has 1 heterocycles. The zero-order valence-electron chi connectivity index (χ0n) is 11.9. The molecule has 10 nitrogen and oxygen atoms in total. The van der Waals surface area contributed by atoms with Gasteiger partial charge in [0.2, 0.25) is 5.28 Å². The number of carbonyl (C=O) groups is 2. The maximum Gasteiger partial charge on any atom is 0.511 e. The summed E-state index contributed by atoms with van der Waals surface area (Å²) >= 11 is 0. The summed E-state index contributed by atoms with van der Waals surface area (Å²) in [6.07, 6.45) is -1.27. The molecule has 1 unspecified atom stereocenters. The normalized spacial score (nSPS) is 18.0. The smallest absolute Gasteiger partial charge is 0.511 e. The van der Waals surface area contributed by atoms with Crippen molar-refractivity contribution >= 4 is 12.1 Å². The van der Waals surface area contributed by atoms with Gasteiger partial charge in [0.25, 0.3) is 6.29 Å². The number of rotatable bonds is 6. The Kier molecular flexibility index (Phi) is 6.50. The average molecular weight is 305 g/mol. The lowest BCUT2D eigenvalue weighted by Gasteiger charge is -2.25. The zero-order chi connectivity index (χ0) is 15.8. The number of carbonyl (C=O) groups excluding carboxylic acids is 1. The number of carboxylic acid groups (broad SMARTS) is 1. The van der Waals surface area contributed by atoms with Gasteiger partial charge in [-0.2, -0.15) is 0 Å². The maximum absolute atomic E-state index is 11.6. The molecule has 0 aliphatic carbocycles.